The van der Waals surface area contributed by atoms with Crippen molar-refractivity contribution in [1.29, 1.82) is 0 Å². The van der Waals surface area contributed by atoms with Crippen molar-refractivity contribution in [2.45, 2.75) is 20.3 Å². The monoisotopic (exact) mass is 282 g/mol. The molecule has 1 aromatic rings. The highest BCUT2D eigenvalue weighted by molar-refractivity contribution is 5.97. The number of rotatable bonds is 6. The Hall–Kier alpha value is -2.05. The summed E-state index contributed by atoms with van der Waals surface area (Å²) in [5, 5.41) is 4.07. The van der Waals surface area contributed by atoms with E-state index >= 15 is 0 Å². The minimum atomic E-state index is -0.347. The molecular formula is C13H22N4O3. The predicted octanol–water partition coefficient (Wildman–Crippen LogP) is 0.664. The average Bonchev–Trinajstić information content (AvgIpc) is 2.71. The van der Waals surface area contributed by atoms with Crippen LogP contribution in [0.1, 0.15) is 30.8 Å². The SMILES string of the molecule is COC(=O)CCN(CC(C)C)C(=O)c1nn(C)cc1N. The van der Waals surface area contributed by atoms with Gasteiger partial charge in [0.15, 0.2) is 5.69 Å². The zero-order chi connectivity index (χ0) is 15.3. The van der Waals surface area contributed by atoms with Gasteiger partial charge in [0.2, 0.25) is 0 Å². The fourth-order valence-corrected chi connectivity index (χ4v) is 1.87. The van der Waals surface area contributed by atoms with Gasteiger partial charge >= 0.3 is 5.97 Å². The minimum absolute atomic E-state index is 0.154. The lowest BCUT2D eigenvalue weighted by Gasteiger charge is -2.23. The summed E-state index contributed by atoms with van der Waals surface area (Å²) in [6.45, 7) is 4.83. The van der Waals surface area contributed by atoms with Gasteiger partial charge in [-0.1, -0.05) is 13.8 Å². The summed E-state index contributed by atoms with van der Waals surface area (Å²) in [4.78, 5) is 25.2. The molecule has 2 N–H and O–H groups in total. The first-order valence-corrected chi connectivity index (χ1v) is 6.50. The Bertz CT molecular complexity index is 482. The molecule has 0 aliphatic carbocycles. The lowest BCUT2D eigenvalue weighted by molar-refractivity contribution is -0.140. The topological polar surface area (TPSA) is 90.5 Å². The zero-order valence-electron chi connectivity index (χ0n) is 12.4. The maximum atomic E-state index is 12.4. The Labute approximate surface area is 118 Å². The summed E-state index contributed by atoms with van der Waals surface area (Å²) in [7, 11) is 3.03. The molecule has 0 aliphatic heterocycles. The molecule has 0 aromatic carbocycles. The second-order valence-electron chi connectivity index (χ2n) is 5.08. The molecule has 7 heteroatoms. The third kappa shape index (κ3) is 4.25. The number of ether oxygens (including phenoxy) is 1. The average molecular weight is 282 g/mol. The van der Waals surface area contributed by atoms with Crippen LogP contribution in [0.4, 0.5) is 5.69 Å². The maximum absolute atomic E-state index is 12.4. The molecule has 20 heavy (non-hydrogen) atoms. The molecule has 0 saturated heterocycles. The highest BCUT2D eigenvalue weighted by atomic mass is 16.5. The number of carbonyl (C=O) groups excluding carboxylic acids is 2. The van der Waals surface area contributed by atoms with E-state index in [9.17, 15) is 9.59 Å². The molecule has 1 aromatic heterocycles. The van der Waals surface area contributed by atoms with Crippen LogP contribution in [0, 0.1) is 5.92 Å². The Morgan fingerprint density at radius 2 is 2.15 bits per heavy atom. The van der Waals surface area contributed by atoms with Gasteiger partial charge in [-0.15, -0.1) is 0 Å². The number of nitrogens with zero attached hydrogens (tertiary/aromatic N) is 3. The van der Waals surface area contributed by atoms with E-state index in [0.717, 1.165) is 0 Å². The number of carbonyl (C=O) groups is 2. The van der Waals surface area contributed by atoms with Crippen molar-refractivity contribution in [2.24, 2.45) is 13.0 Å². The first-order valence-electron chi connectivity index (χ1n) is 6.50. The van der Waals surface area contributed by atoms with Crippen LogP contribution in [0.5, 0.6) is 0 Å². The standard InChI is InChI=1S/C13H22N4O3/c1-9(2)7-17(6-5-11(18)20-4)13(19)12-10(14)8-16(3)15-12/h8-9H,5-7,14H2,1-4H3. The van der Waals surface area contributed by atoms with Crippen LogP contribution in [-0.2, 0) is 16.6 Å². The van der Waals surface area contributed by atoms with Crippen LogP contribution in [0.3, 0.4) is 0 Å². The van der Waals surface area contributed by atoms with E-state index in [2.05, 4.69) is 9.84 Å². The van der Waals surface area contributed by atoms with Crippen molar-refractivity contribution in [3.05, 3.63) is 11.9 Å². The largest absolute Gasteiger partial charge is 0.469 e. The van der Waals surface area contributed by atoms with E-state index in [1.807, 2.05) is 13.8 Å². The van der Waals surface area contributed by atoms with Crippen LogP contribution in [0.25, 0.3) is 0 Å². The number of hydrogen-bond acceptors (Lipinski definition) is 5. The Balaban J connectivity index is 2.84. The second-order valence-corrected chi connectivity index (χ2v) is 5.08. The van der Waals surface area contributed by atoms with Crippen molar-refractivity contribution in [3.8, 4) is 0 Å². The van der Waals surface area contributed by atoms with Gasteiger partial charge in [-0.3, -0.25) is 14.3 Å². The molecule has 1 heterocycles. The van der Waals surface area contributed by atoms with Crippen molar-refractivity contribution in [1.82, 2.24) is 14.7 Å². The third-order valence-corrected chi connectivity index (χ3v) is 2.75. The van der Waals surface area contributed by atoms with Crippen molar-refractivity contribution < 1.29 is 14.3 Å². The predicted molar refractivity (Wildman–Crippen MR) is 75.0 cm³/mol. The Morgan fingerprint density at radius 1 is 1.50 bits per heavy atom. The van der Waals surface area contributed by atoms with Gasteiger partial charge in [-0.05, 0) is 5.92 Å². The maximum Gasteiger partial charge on any atom is 0.307 e. The number of aryl methyl sites for hydroxylation is 1. The summed E-state index contributed by atoms with van der Waals surface area (Å²) in [5.41, 5.74) is 6.33. The van der Waals surface area contributed by atoms with E-state index in [-0.39, 0.29) is 29.9 Å². The number of hydrogen-bond donors (Lipinski definition) is 1. The van der Waals surface area contributed by atoms with Crippen molar-refractivity contribution in [3.63, 3.8) is 0 Å². The molecule has 0 atom stereocenters. The number of nitrogens with two attached hydrogens (primary N) is 1. The number of methoxy groups -OCH3 is 1. The number of amides is 1. The summed E-state index contributed by atoms with van der Waals surface area (Å²) < 4.78 is 6.09. The van der Waals surface area contributed by atoms with Gasteiger partial charge in [0, 0.05) is 26.3 Å². The summed E-state index contributed by atoms with van der Waals surface area (Å²) in [6, 6.07) is 0. The Kier molecular flexibility index (Phi) is 5.54. The van der Waals surface area contributed by atoms with Gasteiger partial charge in [0.05, 0.1) is 19.2 Å². The van der Waals surface area contributed by atoms with E-state index in [4.69, 9.17) is 5.73 Å². The molecule has 112 valence electrons. The molecule has 0 radical (unpaired) electrons. The highest BCUT2D eigenvalue weighted by Gasteiger charge is 2.22. The molecule has 1 rings (SSSR count). The van der Waals surface area contributed by atoms with E-state index in [1.54, 1.807) is 18.1 Å². The number of nitrogen functional groups attached to an aromatic ring is 1. The fraction of sp³-hybridized carbons (Fsp3) is 0.615. The first-order chi connectivity index (χ1) is 9.35. The number of aromatic nitrogens is 2. The van der Waals surface area contributed by atoms with Crippen LogP contribution in [0.15, 0.2) is 6.20 Å². The number of esters is 1. The molecule has 7 nitrogen and oxygen atoms in total. The normalized spacial score (nSPS) is 10.7. The van der Waals surface area contributed by atoms with Gasteiger partial charge in [0.1, 0.15) is 0 Å². The first kappa shape index (κ1) is 16.0. The van der Waals surface area contributed by atoms with Crippen LogP contribution >= 0.6 is 0 Å². The summed E-state index contributed by atoms with van der Waals surface area (Å²) in [6.07, 6.45) is 1.74. The van der Waals surface area contributed by atoms with Gasteiger partial charge in [0.25, 0.3) is 5.91 Å². The quantitative estimate of drug-likeness (QED) is 0.774. The van der Waals surface area contributed by atoms with E-state index < -0.39 is 0 Å². The smallest absolute Gasteiger partial charge is 0.307 e. The zero-order valence-corrected chi connectivity index (χ0v) is 12.4. The van der Waals surface area contributed by atoms with Crippen LogP contribution in [-0.4, -0.2) is 46.8 Å². The minimum Gasteiger partial charge on any atom is -0.469 e. The lowest BCUT2D eigenvalue weighted by Crippen LogP contribution is -2.36. The Morgan fingerprint density at radius 3 is 2.60 bits per heavy atom. The van der Waals surface area contributed by atoms with Crippen molar-refractivity contribution >= 4 is 17.6 Å². The molecular weight excluding hydrogens is 260 g/mol. The highest BCUT2D eigenvalue weighted by Crippen LogP contribution is 2.13. The van der Waals surface area contributed by atoms with Crippen molar-refractivity contribution in [2.75, 3.05) is 25.9 Å². The fourth-order valence-electron chi connectivity index (χ4n) is 1.87. The summed E-state index contributed by atoms with van der Waals surface area (Å²) >= 11 is 0. The number of anilines is 1. The van der Waals surface area contributed by atoms with Crippen LogP contribution in [0.2, 0.25) is 0 Å². The molecule has 0 saturated carbocycles. The second kappa shape index (κ2) is 6.93. The van der Waals surface area contributed by atoms with Gasteiger partial charge in [-0.25, -0.2) is 0 Å². The van der Waals surface area contributed by atoms with Gasteiger partial charge in [-0.2, -0.15) is 5.10 Å². The molecule has 0 fully saturated rings. The van der Waals surface area contributed by atoms with E-state index in [1.165, 1.54) is 11.8 Å². The molecule has 0 aliphatic rings. The third-order valence-electron chi connectivity index (χ3n) is 2.75. The van der Waals surface area contributed by atoms with E-state index in [0.29, 0.717) is 18.8 Å². The molecule has 1 amide bonds. The molecule has 0 spiro atoms. The van der Waals surface area contributed by atoms with Gasteiger partial charge < -0.3 is 15.4 Å². The van der Waals surface area contributed by atoms with Crippen LogP contribution < -0.4 is 5.73 Å². The molecule has 0 unspecified atom stereocenters. The molecule has 0 bridgehead atoms. The lowest BCUT2D eigenvalue weighted by atomic mass is 10.2. The summed E-state index contributed by atoms with van der Waals surface area (Å²) in [5.74, 6) is -0.331.